The van der Waals surface area contributed by atoms with Crippen molar-refractivity contribution in [1.29, 1.82) is 0 Å². The van der Waals surface area contributed by atoms with E-state index in [0.29, 0.717) is 17.9 Å². The maximum atomic E-state index is 11.7. The monoisotopic (exact) mass is 263 g/mol. The van der Waals surface area contributed by atoms with Gasteiger partial charge in [-0.15, -0.1) is 0 Å². The second-order valence-electron chi connectivity index (χ2n) is 5.02. The number of allylic oxidation sites excluding steroid dienone is 1. The van der Waals surface area contributed by atoms with E-state index < -0.39 is 18.2 Å². The third-order valence-corrected chi connectivity index (χ3v) is 4.30. The van der Waals surface area contributed by atoms with Crippen LogP contribution in [0.2, 0.25) is 5.02 Å². The number of halogens is 1. The van der Waals surface area contributed by atoms with E-state index in [-0.39, 0.29) is 6.42 Å². The molecule has 0 aliphatic heterocycles. The zero-order chi connectivity index (χ0) is 14.7. The minimum absolute atomic E-state index is 0.182. The molecule has 18 heavy (non-hydrogen) atoms. The number of hydrogen-bond donors (Lipinski definition) is 1. The first-order valence-corrected chi connectivity index (χ1v) is 6.47. The van der Waals surface area contributed by atoms with Gasteiger partial charge in [-0.3, -0.25) is 4.79 Å². The van der Waals surface area contributed by atoms with Crippen LogP contribution in [0.25, 0.3) is 5.57 Å². The minimum Gasteiger partial charge on any atom is -0.369 e. The van der Waals surface area contributed by atoms with Crippen molar-refractivity contribution < 1.29 is 7.54 Å². The molecule has 0 radical (unpaired) electrons. The SMILES string of the molecule is [2H]C1([2H])CC2=C(Cc3cc(C)c(Cl)cc32)C(C(N)=O)C1. The van der Waals surface area contributed by atoms with Gasteiger partial charge < -0.3 is 5.73 Å². The topological polar surface area (TPSA) is 43.1 Å². The fraction of sp³-hybridized carbons (Fsp3) is 0.400. The van der Waals surface area contributed by atoms with E-state index in [9.17, 15) is 4.79 Å². The summed E-state index contributed by atoms with van der Waals surface area (Å²) in [6.45, 7) is 1.95. The maximum absolute atomic E-state index is 11.7. The van der Waals surface area contributed by atoms with Crippen molar-refractivity contribution in [2.45, 2.75) is 32.6 Å². The number of fused-ring (bicyclic) bond motifs is 2. The summed E-state index contributed by atoms with van der Waals surface area (Å²) in [7, 11) is 0. The number of amides is 1. The molecular formula is C15H16ClNO. The summed E-state index contributed by atoms with van der Waals surface area (Å²) >= 11 is 6.19. The molecule has 1 amide bonds. The second kappa shape index (κ2) is 4.13. The Morgan fingerprint density at radius 2 is 2.33 bits per heavy atom. The van der Waals surface area contributed by atoms with Crippen LogP contribution < -0.4 is 5.73 Å². The molecule has 3 rings (SSSR count). The molecule has 0 fully saturated rings. The van der Waals surface area contributed by atoms with Gasteiger partial charge in [0.2, 0.25) is 5.91 Å². The molecule has 0 bridgehead atoms. The van der Waals surface area contributed by atoms with Crippen LogP contribution in [0.1, 0.15) is 38.6 Å². The van der Waals surface area contributed by atoms with Crippen molar-refractivity contribution >= 4 is 23.1 Å². The standard InChI is InChI=1S/C15H16ClNO/c1-8-5-9-6-13-10(12(9)7-14(8)16)3-2-4-11(13)15(17)18/h5,7,11H,2-4,6H2,1H3,(H2,17,18)/i2D2. The van der Waals surface area contributed by atoms with Crippen molar-refractivity contribution in [3.8, 4) is 0 Å². The van der Waals surface area contributed by atoms with E-state index in [1.165, 1.54) is 0 Å². The Bertz CT molecular complexity index is 652. The largest absolute Gasteiger partial charge is 0.369 e. The van der Waals surface area contributed by atoms with Crippen LogP contribution in [0, 0.1) is 12.8 Å². The minimum atomic E-state index is -1.39. The lowest BCUT2D eigenvalue weighted by Crippen LogP contribution is -2.27. The molecule has 2 aliphatic rings. The quantitative estimate of drug-likeness (QED) is 0.830. The molecule has 2 N–H and O–H groups in total. The van der Waals surface area contributed by atoms with Gasteiger partial charge in [0, 0.05) is 7.76 Å². The summed E-state index contributed by atoms with van der Waals surface area (Å²) in [5.41, 5.74) is 10.5. The molecule has 2 aliphatic carbocycles. The highest BCUT2D eigenvalue weighted by Crippen LogP contribution is 2.45. The van der Waals surface area contributed by atoms with Gasteiger partial charge in [-0.2, -0.15) is 0 Å². The van der Waals surface area contributed by atoms with Crippen molar-refractivity contribution in [2.24, 2.45) is 11.7 Å². The number of aryl methyl sites for hydroxylation is 1. The average molecular weight is 264 g/mol. The van der Waals surface area contributed by atoms with E-state index in [1.807, 2.05) is 19.1 Å². The highest BCUT2D eigenvalue weighted by atomic mass is 35.5. The van der Waals surface area contributed by atoms with Crippen LogP contribution in [0.4, 0.5) is 0 Å². The van der Waals surface area contributed by atoms with Crippen LogP contribution in [0.5, 0.6) is 0 Å². The lowest BCUT2D eigenvalue weighted by Gasteiger charge is -2.22. The lowest BCUT2D eigenvalue weighted by atomic mass is 9.82. The van der Waals surface area contributed by atoms with E-state index in [4.69, 9.17) is 20.1 Å². The Kier molecular flexibility index (Phi) is 2.21. The summed E-state index contributed by atoms with van der Waals surface area (Å²) in [6.07, 6.45) is -0.190. The molecule has 1 aromatic carbocycles. The molecule has 0 spiro atoms. The van der Waals surface area contributed by atoms with Gasteiger partial charge in [0.25, 0.3) is 0 Å². The molecule has 2 nitrogen and oxygen atoms in total. The van der Waals surface area contributed by atoms with Crippen molar-refractivity contribution in [3.63, 3.8) is 0 Å². The number of carbonyl (C=O) groups is 1. The Morgan fingerprint density at radius 3 is 3.06 bits per heavy atom. The number of hydrogen-bond acceptors (Lipinski definition) is 1. The van der Waals surface area contributed by atoms with Gasteiger partial charge in [0.05, 0.1) is 5.92 Å². The molecule has 0 saturated carbocycles. The lowest BCUT2D eigenvalue weighted by molar-refractivity contribution is -0.121. The first-order chi connectivity index (χ1) is 9.28. The highest BCUT2D eigenvalue weighted by molar-refractivity contribution is 6.31. The van der Waals surface area contributed by atoms with Crippen LogP contribution in [0.3, 0.4) is 0 Å². The Balaban J connectivity index is 2.14. The summed E-state index contributed by atoms with van der Waals surface area (Å²) in [6, 6.07) is 3.93. The van der Waals surface area contributed by atoms with Gasteiger partial charge in [-0.05, 0) is 66.5 Å². The van der Waals surface area contributed by atoms with Crippen molar-refractivity contribution in [2.75, 3.05) is 0 Å². The molecule has 1 aromatic rings. The number of nitrogens with two attached hydrogens (primary N) is 1. The fourth-order valence-electron chi connectivity index (χ4n) is 2.93. The van der Waals surface area contributed by atoms with Crippen molar-refractivity contribution in [3.05, 3.63) is 39.4 Å². The second-order valence-corrected chi connectivity index (χ2v) is 5.43. The van der Waals surface area contributed by atoms with Gasteiger partial charge >= 0.3 is 0 Å². The molecular weight excluding hydrogens is 246 g/mol. The first kappa shape index (κ1) is 9.62. The summed E-state index contributed by atoms with van der Waals surface area (Å²) in [5, 5.41) is 0.680. The first-order valence-electron chi connectivity index (χ1n) is 7.09. The Hall–Kier alpha value is -1.28. The predicted molar refractivity (Wildman–Crippen MR) is 73.3 cm³/mol. The molecule has 1 unspecified atom stereocenters. The van der Waals surface area contributed by atoms with E-state index in [1.54, 1.807) is 0 Å². The van der Waals surface area contributed by atoms with Gasteiger partial charge in [-0.1, -0.05) is 17.7 Å². The summed E-state index contributed by atoms with van der Waals surface area (Å²) in [4.78, 5) is 11.7. The smallest absolute Gasteiger partial charge is 0.224 e. The number of carbonyl (C=O) groups excluding carboxylic acids is 1. The van der Waals surface area contributed by atoms with E-state index in [0.717, 1.165) is 27.8 Å². The summed E-state index contributed by atoms with van der Waals surface area (Å²) in [5.74, 6) is -0.933. The van der Waals surface area contributed by atoms with Crippen LogP contribution >= 0.6 is 11.6 Å². The van der Waals surface area contributed by atoms with Crippen molar-refractivity contribution in [1.82, 2.24) is 0 Å². The highest BCUT2D eigenvalue weighted by Gasteiger charge is 2.33. The molecule has 0 heterocycles. The van der Waals surface area contributed by atoms with Gasteiger partial charge in [0.15, 0.2) is 0 Å². The molecule has 0 saturated heterocycles. The molecule has 94 valence electrons. The third-order valence-electron chi connectivity index (χ3n) is 3.89. The Labute approximate surface area is 115 Å². The molecule has 0 aromatic heterocycles. The van der Waals surface area contributed by atoms with Crippen LogP contribution in [-0.4, -0.2) is 5.91 Å². The number of benzene rings is 1. The number of rotatable bonds is 1. The van der Waals surface area contributed by atoms with Gasteiger partial charge in [-0.25, -0.2) is 0 Å². The van der Waals surface area contributed by atoms with E-state index in [2.05, 4.69) is 0 Å². The maximum Gasteiger partial charge on any atom is 0.224 e. The molecule has 3 heteroatoms. The van der Waals surface area contributed by atoms with Gasteiger partial charge in [0.1, 0.15) is 0 Å². The zero-order valence-electron chi connectivity index (χ0n) is 12.2. The summed E-state index contributed by atoms with van der Waals surface area (Å²) < 4.78 is 16.1. The van der Waals surface area contributed by atoms with Crippen LogP contribution in [-0.2, 0) is 11.2 Å². The fourth-order valence-corrected chi connectivity index (χ4v) is 3.10. The zero-order valence-corrected chi connectivity index (χ0v) is 11.0. The average Bonchev–Trinajstić information content (AvgIpc) is 2.65. The number of primary amides is 1. The third kappa shape index (κ3) is 1.67. The Morgan fingerprint density at radius 1 is 1.56 bits per heavy atom. The predicted octanol–water partition coefficient (Wildman–Crippen LogP) is 3.24. The normalized spacial score (nSPS) is 26.2. The molecule has 1 atom stereocenters. The van der Waals surface area contributed by atoms with E-state index >= 15 is 0 Å². The van der Waals surface area contributed by atoms with Crippen LogP contribution in [0.15, 0.2) is 17.7 Å².